The first-order valence-electron chi connectivity index (χ1n) is 12.7. The molecule has 2 aromatic heterocycles. The summed E-state index contributed by atoms with van der Waals surface area (Å²) in [6.07, 6.45) is 7.14. The van der Waals surface area contributed by atoms with Crippen molar-refractivity contribution < 1.29 is 0 Å². The molecular weight excluding hydrogens is 464 g/mol. The van der Waals surface area contributed by atoms with Crippen molar-refractivity contribution in [2.45, 2.75) is 27.7 Å². The van der Waals surface area contributed by atoms with E-state index in [1.54, 1.807) is 24.8 Å². The lowest BCUT2D eigenvalue weighted by molar-refractivity contribution is 1.24. The second-order valence-electron chi connectivity index (χ2n) is 9.37. The van der Waals surface area contributed by atoms with Crippen molar-refractivity contribution in [3.05, 3.63) is 131 Å². The van der Waals surface area contributed by atoms with E-state index < -0.39 is 0 Å². The van der Waals surface area contributed by atoms with Gasteiger partial charge in [0.25, 0.3) is 0 Å². The Morgan fingerprint density at radius 1 is 0.474 bits per heavy atom. The first kappa shape index (κ1) is 25.0. The quantitative estimate of drug-likeness (QED) is 0.222. The van der Waals surface area contributed by atoms with Crippen molar-refractivity contribution in [3.8, 4) is 22.3 Å². The Kier molecular flexibility index (Phi) is 7.32. The average molecular weight is 495 g/mol. The number of hydrogen-bond donors (Lipinski definition) is 0. The Bertz CT molecular complexity index is 1450. The Morgan fingerprint density at radius 2 is 0.842 bits per heavy atom. The van der Waals surface area contributed by atoms with Gasteiger partial charge in [-0.25, -0.2) is 0 Å². The molecule has 4 heteroatoms. The summed E-state index contributed by atoms with van der Waals surface area (Å²) < 4.78 is 0. The number of hydrogen-bond acceptors (Lipinski definition) is 4. The first-order chi connectivity index (χ1) is 18.5. The molecule has 186 valence electrons. The van der Waals surface area contributed by atoms with Gasteiger partial charge in [-0.15, -0.1) is 0 Å². The molecule has 2 heterocycles. The van der Waals surface area contributed by atoms with E-state index in [4.69, 9.17) is 0 Å². The van der Waals surface area contributed by atoms with Crippen LogP contribution in [0.25, 0.3) is 22.3 Å². The van der Waals surface area contributed by atoms with Gasteiger partial charge >= 0.3 is 0 Å². The van der Waals surface area contributed by atoms with E-state index in [-0.39, 0.29) is 0 Å². The largest absolute Gasteiger partial charge is 0.255 e. The molecule has 0 amide bonds. The lowest BCUT2D eigenvalue weighted by atomic mass is 9.83. The summed E-state index contributed by atoms with van der Waals surface area (Å²) in [6, 6.07) is 28.5. The van der Waals surface area contributed by atoms with Crippen LogP contribution in [0.3, 0.4) is 0 Å². The van der Waals surface area contributed by atoms with Gasteiger partial charge < -0.3 is 0 Å². The summed E-state index contributed by atoms with van der Waals surface area (Å²) in [4.78, 5) is 17.8. The van der Waals surface area contributed by atoms with Gasteiger partial charge in [-0.05, 0) is 121 Å². The third-order valence-corrected chi connectivity index (χ3v) is 7.00. The third kappa shape index (κ3) is 5.35. The molecule has 0 bridgehead atoms. The minimum absolute atomic E-state index is 0.846. The summed E-state index contributed by atoms with van der Waals surface area (Å²) in [5.74, 6) is 0. The van der Waals surface area contributed by atoms with E-state index in [0.29, 0.717) is 0 Å². The molecule has 0 unspecified atom stereocenters. The number of pyridine rings is 2. The molecule has 0 saturated heterocycles. The normalized spacial score (nSPS) is 11.5. The molecule has 0 N–H and O–H groups in total. The number of nitrogens with zero attached hydrogens (tertiary/aromatic N) is 4. The minimum atomic E-state index is 0.846. The summed E-state index contributed by atoms with van der Waals surface area (Å²) >= 11 is 0. The van der Waals surface area contributed by atoms with Crippen LogP contribution in [0.1, 0.15) is 33.6 Å². The maximum atomic E-state index is 4.58. The van der Waals surface area contributed by atoms with Crippen molar-refractivity contribution in [1.29, 1.82) is 0 Å². The zero-order chi connectivity index (χ0) is 26.5. The van der Waals surface area contributed by atoms with Gasteiger partial charge in [0.15, 0.2) is 0 Å². The SMILES string of the molecule is Cc1c(C)c(-c2ccc(N=Cc3ccccn3)cc2)c(C)c(C)c1-c1ccc(N=Cc2ccccn2)cc1. The van der Waals surface area contributed by atoms with Crippen LogP contribution in [0.5, 0.6) is 0 Å². The number of rotatable bonds is 6. The molecule has 0 fully saturated rings. The molecule has 4 nitrogen and oxygen atoms in total. The fourth-order valence-corrected chi connectivity index (χ4v) is 4.79. The highest BCUT2D eigenvalue weighted by Gasteiger charge is 2.17. The molecule has 0 aliphatic rings. The highest BCUT2D eigenvalue weighted by atomic mass is 14.8. The van der Waals surface area contributed by atoms with Crippen molar-refractivity contribution in [2.24, 2.45) is 9.98 Å². The fraction of sp³-hybridized carbons (Fsp3) is 0.118. The first-order valence-corrected chi connectivity index (χ1v) is 12.7. The zero-order valence-electron chi connectivity index (χ0n) is 22.2. The standard InChI is InChI=1S/C34H30N4/c1-23-24(2)34(28-13-17-30(18-14-28)38-22-32-10-6-8-20-36-32)26(4)25(3)33(23)27-11-15-29(16-12-27)37-21-31-9-5-7-19-35-31/h5-22H,1-4H3. The monoisotopic (exact) mass is 494 g/mol. The molecule has 3 aromatic carbocycles. The van der Waals surface area contributed by atoms with E-state index in [1.165, 1.54) is 44.5 Å². The third-order valence-electron chi connectivity index (χ3n) is 7.00. The molecule has 38 heavy (non-hydrogen) atoms. The van der Waals surface area contributed by atoms with Crippen LogP contribution in [0.15, 0.2) is 107 Å². The van der Waals surface area contributed by atoms with Crippen molar-refractivity contribution in [3.63, 3.8) is 0 Å². The summed E-state index contributed by atoms with van der Waals surface area (Å²) in [5, 5.41) is 0. The maximum absolute atomic E-state index is 4.58. The predicted octanol–water partition coefficient (Wildman–Crippen LogP) is 8.55. The lowest BCUT2D eigenvalue weighted by Gasteiger charge is -2.21. The highest BCUT2D eigenvalue weighted by molar-refractivity contribution is 5.85. The molecule has 0 aliphatic heterocycles. The molecule has 0 saturated carbocycles. The smallest absolute Gasteiger partial charge is 0.0812 e. The van der Waals surface area contributed by atoms with Gasteiger partial charge in [-0.2, -0.15) is 0 Å². The second-order valence-corrected chi connectivity index (χ2v) is 9.37. The van der Waals surface area contributed by atoms with Crippen LogP contribution >= 0.6 is 0 Å². The van der Waals surface area contributed by atoms with Gasteiger partial charge in [-0.1, -0.05) is 36.4 Å². The Balaban J connectivity index is 1.42. The van der Waals surface area contributed by atoms with Crippen LogP contribution < -0.4 is 0 Å². The van der Waals surface area contributed by atoms with Gasteiger partial charge in [0, 0.05) is 12.4 Å². The molecule has 5 aromatic rings. The van der Waals surface area contributed by atoms with Gasteiger partial charge in [-0.3, -0.25) is 20.0 Å². The van der Waals surface area contributed by atoms with Crippen LogP contribution in [0, 0.1) is 27.7 Å². The predicted molar refractivity (Wildman–Crippen MR) is 159 cm³/mol. The topological polar surface area (TPSA) is 50.5 Å². The summed E-state index contributed by atoms with van der Waals surface area (Å²) in [5.41, 5.74) is 13.7. The summed E-state index contributed by atoms with van der Waals surface area (Å²) in [6.45, 7) is 8.89. The zero-order valence-corrected chi connectivity index (χ0v) is 22.2. The van der Waals surface area contributed by atoms with Crippen LogP contribution in [-0.2, 0) is 0 Å². The fourth-order valence-electron chi connectivity index (χ4n) is 4.79. The molecule has 0 spiro atoms. The number of benzene rings is 3. The Hall–Kier alpha value is -4.70. The Morgan fingerprint density at radius 3 is 1.16 bits per heavy atom. The van der Waals surface area contributed by atoms with Crippen LogP contribution in [0.4, 0.5) is 11.4 Å². The molecular formula is C34H30N4. The van der Waals surface area contributed by atoms with Crippen molar-refractivity contribution >= 4 is 23.8 Å². The van der Waals surface area contributed by atoms with Gasteiger partial charge in [0.2, 0.25) is 0 Å². The lowest BCUT2D eigenvalue weighted by Crippen LogP contribution is -2.00. The summed E-state index contributed by atoms with van der Waals surface area (Å²) in [7, 11) is 0. The number of aromatic nitrogens is 2. The van der Waals surface area contributed by atoms with Crippen LogP contribution in [-0.4, -0.2) is 22.4 Å². The average Bonchev–Trinajstić information content (AvgIpc) is 2.96. The van der Waals surface area contributed by atoms with E-state index in [2.05, 4.69) is 96.2 Å². The molecule has 0 radical (unpaired) electrons. The Labute approximate surface area is 224 Å². The highest BCUT2D eigenvalue weighted by Crippen LogP contribution is 2.39. The van der Waals surface area contributed by atoms with E-state index >= 15 is 0 Å². The minimum Gasteiger partial charge on any atom is -0.255 e. The second kappa shape index (κ2) is 11.1. The van der Waals surface area contributed by atoms with Gasteiger partial charge in [0.1, 0.15) is 0 Å². The van der Waals surface area contributed by atoms with Crippen molar-refractivity contribution in [1.82, 2.24) is 9.97 Å². The number of aliphatic imine (C=N–C) groups is 2. The molecule has 0 atom stereocenters. The van der Waals surface area contributed by atoms with Crippen LogP contribution in [0.2, 0.25) is 0 Å². The molecule has 0 aliphatic carbocycles. The van der Waals surface area contributed by atoms with E-state index in [9.17, 15) is 0 Å². The van der Waals surface area contributed by atoms with Crippen molar-refractivity contribution in [2.75, 3.05) is 0 Å². The van der Waals surface area contributed by atoms with E-state index in [0.717, 1.165) is 22.8 Å². The molecule has 5 rings (SSSR count). The van der Waals surface area contributed by atoms with Gasteiger partial charge in [0.05, 0.1) is 35.2 Å². The van der Waals surface area contributed by atoms with E-state index in [1.807, 2.05) is 36.4 Å². The maximum Gasteiger partial charge on any atom is 0.0812 e.